The third kappa shape index (κ3) is 4.60. The molecule has 6 nitrogen and oxygen atoms in total. The molecule has 4 rings (SSSR count). The van der Waals surface area contributed by atoms with Crippen molar-refractivity contribution in [2.45, 2.75) is 38.8 Å². The van der Waals surface area contributed by atoms with Crippen LogP contribution in [0.15, 0.2) is 48.5 Å². The molecule has 0 unspecified atom stereocenters. The molecule has 1 saturated heterocycles. The number of rotatable bonds is 6. The van der Waals surface area contributed by atoms with E-state index in [1.807, 2.05) is 24.3 Å². The van der Waals surface area contributed by atoms with Gasteiger partial charge in [-0.3, -0.25) is 24.2 Å². The lowest BCUT2D eigenvalue weighted by molar-refractivity contribution is -0.133. The van der Waals surface area contributed by atoms with Crippen LogP contribution in [0.5, 0.6) is 0 Å². The number of hydrogen-bond donors (Lipinski definition) is 1. The lowest BCUT2D eigenvalue weighted by Crippen LogP contribution is -2.47. The van der Waals surface area contributed by atoms with Crippen LogP contribution < -0.4 is 5.32 Å². The van der Waals surface area contributed by atoms with Crippen LogP contribution in [0.2, 0.25) is 0 Å². The summed E-state index contributed by atoms with van der Waals surface area (Å²) in [6.07, 6.45) is 3.92. The van der Waals surface area contributed by atoms with Crippen LogP contribution in [0.3, 0.4) is 0 Å². The molecule has 0 saturated carbocycles. The fourth-order valence-corrected chi connectivity index (χ4v) is 4.20. The number of benzene rings is 2. The minimum Gasteiger partial charge on any atom is -0.350 e. The van der Waals surface area contributed by atoms with Crippen LogP contribution in [-0.4, -0.2) is 47.2 Å². The van der Waals surface area contributed by atoms with Crippen molar-refractivity contribution in [3.63, 3.8) is 0 Å². The second kappa shape index (κ2) is 9.22. The van der Waals surface area contributed by atoms with Gasteiger partial charge in [0.2, 0.25) is 11.8 Å². The van der Waals surface area contributed by atoms with E-state index in [2.05, 4.69) is 16.3 Å². The number of amides is 3. The van der Waals surface area contributed by atoms with Gasteiger partial charge >= 0.3 is 0 Å². The zero-order valence-electron chi connectivity index (χ0n) is 17.1. The summed E-state index contributed by atoms with van der Waals surface area (Å²) < 4.78 is 0. The van der Waals surface area contributed by atoms with Gasteiger partial charge in [0.05, 0.1) is 6.42 Å². The molecule has 0 radical (unpaired) electrons. The first-order valence-corrected chi connectivity index (χ1v) is 10.6. The van der Waals surface area contributed by atoms with Gasteiger partial charge in [0.15, 0.2) is 0 Å². The van der Waals surface area contributed by atoms with Crippen molar-refractivity contribution in [3.8, 4) is 0 Å². The Balaban J connectivity index is 1.36. The Kier molecular flexibility index (Phi) is 6.23. The summed E-state index contributed by atoms with van der Waals surface area (Å²) in [4.78, 5) is 41.0. The van der Waals surface area contributed by atoms with Gasteiger partial charge in [-0.05, 0) is 48.7 Å². The standard InChI is InChI=1S/C24H27N3O3/c28-22(17-27-23(29)14-18-8-4-5-11-21(18)24(27)30)25-15-19-9-2-3-10-20(19)16-26-12-6-1-7-13-26/h2-5,8-11H,1,6-7,12-17H2,(H,25,28). The molecule has 2 aromatic carbocycles. The molecule has 1 N–H and O–H groups in total. The predicted molar refractivity (Wildman–Crippen MR) is 114 cm³/mol. The van der Waals surface area contributed by atoms with Gasteiger partial charge in [-0.25, -0.2) is 0 Å². The maximum absolute atomic E-state index is 12.6. The van der Waals surface area contributed by atoms with E-state index < -0.39 is 5.91 Å². The maximum atomic E-state index is 12.6. The highest BCUT2D eigenvalue weighted by Crippen LogP contribution is 2.19. The van der Waals surface area contributed by atoms with E-state index >= 15 is 0 Å². The van der Waals surface area contributed by atoms with E-state index in [1.54, 1.807) is 18.2 Å². The molecule has 156 valence electrons. The number of carbonyl (C=O) groups excluding carboxylic acids is 3. The molecule has 2 aromatic rings. The number of hydrogen-bond acceptors (Lipinski definition) is 4. The first kappa shape index (κ1) is 20.3. The van der Waals surface area contributed by atoms with Crippen LogP contribution in [0.1, 0.15) is 46.3 Å². The summed E-state index contributed by atoms with van der Waals surface area (Å²) >= 11 is 0. The van der Waals surface area contributed by atoms with Crippen LogP contribution in [0.25, 0.3) is 0 Å². The first-order chi connectivity index (χ1) is 14.6. The quantitative estimate of drug-likeness (QED) is 0.750. The van der Waals surface area contributed by atoms with Crippen molar-refractivity contribution in [2.24, 2.45) is 0 Å². The van der Waals surface area contributed by atoms with Gasteiger partial charge in [-0.15, -0.1) is 0 Å². The SMILES string of the molecule is O=C(CN1C(=O)Cc2ccccc2C1=O)NCc1ccccc1CN1CCCCC1. The third-order valence-electron chi connectivity index (χ3n) is 5.87. The Labute approximate surface area is 176 Å². The average Bonchev–Trinajstić information content (AvgIpc) is 2.77. The van der Waals surface area contributed by atoms with Crippen LogP contribution in [0, 0.1) is 0 Å². The Morgan fingerprint density at radius 1 is 0.900 bits per heavy atom. The third-order valence-corrected chi connectivity index (χ3v) is 5.87. The molecule has 3 amide bonds. The van der Waals surface area contributed by atoms with E-state index in [1.165, 1.54) is 24.8 Å². The fourth-order valence-electron chi connectivity index (χ4n) is 4.20. The topological polar surface area (TPSA) is 69.7 Å². The van der Waals surface area contributed by atoms with Gasteiger partial charge in [0.1, 0.15) is 6.54 Å². The number of carbonyl (C=O) groups is 3. The Morgan fingerprint density at radius 3 is 2.40 bits per heavy atom. The first-order valence-electron chi connectivity index (χ1n) is 10.6. The van der Waals surface area contributed by atoms with Gasteiger partial charge in [0.25, 0.3) is 5.91 Å². The van der Waals surface area contributed by atoms with Crippen LogP contribution in [0.4, 0.5) is 0 Å². The van der Waals surface area contributed by atoms with Gasteiger partial charge in [0, 0.05) is 18.7 Å². The Morgan fingerprint density at radius 2 is 1.60 bits per heavy atom. The van der Waals surface area contributed by atoms with Gasteiger partial charge in [-0.1, -0.05) is 48.9 Å². The molecule has 6 heteroatoms. The van der Waals surface area contributed by atoms with Crippen molar-refractivity contribution >= 4 is 17.7 Å². The van der Waals surface area contributed by atoms with E-state index in [0.717, 1.165) is 35.7 Å². The Bertz CT molecular complexity index is 950. The highest BCUT2D eigenvalue weighted by atomic mass is 16.2. The Hall–Kier alpha value is -2.99. The van der Waals surface area contributed by atoms with E-state index in [4.69, 9.17) is 0 Å². The summed E-state index contributed by atoms with van der Waals surface area (Å²) in [7, 11) is 0. The molecule has 0 atom stereocenters. The predicted octanol–water partition coefficient (Wildman–Crippen LogP) is 2.51. The van der Waals surface area contributed by atoms with Crippen molar-refractivity contribution in [1.29, 1.82) is 0 Å². The number of nitrogens with zero attached hydrogens (tertiary/aromatic N) is 2. The zero-order valence-corrected chi connectivity index (χ0v) is 17.1. The summed E-state index contributed by atoms with van der Waals surface area (Å²) in [5, 5.41) is 2.89. The number of piperidine rings is 1. The van der Waals surface area contributed by atoms with E-state index in [9.17, 15) is 14.4 Å². The minimum absolute atomic E-state index is 0.147. The van der Waals surface area contributed by atoms with Crippen molar-refractivity contribution < 1.29 is 14.4 Å². The zero-order chi connectivity index (χ0) is 20.9. The van der Waals surface area contributed by atoms with E-state index in [0.29, 0.717) is 12.1 Å². The molecule has 0 spiro atoms. The summed E-state index contributed by atoms with van der Waals surface area (Å²) in [6.45, 7) is 3.24. The number of fused-ring (bicyclic) bond motifs is 1. The monoisotopic (exact) mass is 405 g/mol. The van der Waals surface area contributed by atoms with Crippen molar-refractivity contribution in [1.82, 2.24) is 15.1 Å². The molecule has 2 aliphatic rings. The van der Waals surface area contributed by atoms with Gasteiger partial charge in [-0.2, -0.15) is 0 Å². The molecule has 30 heavy (non-hydrogen) atoms. The summed E-state index contributed by atoms with van der Waals surface area (Å²) in [5.41, 5.74) is 3.49. The van der Waals surface area contributed by atoms with Crippen molar-refractivity contribution in [2.75, 3.05) is 19.6 Å². The number of imide groups is 1. The highest BCUT2D eigenvalue weighted by molar-refractivity contribution is 6.11. The average molecular weight is 405 g/mol. The lowest BCUT2D eigenvalue weighted by Gasteiger charge is -2.27. The summed E-state index contributed by atoms with van der Waals surface area (Å²) in [5.74, 6) is -1.06. The maximum Gasteiger partial charge on any atom is 0.261 e. The molecule has 0 aromatic heterocycles. The molecule has 2 heterocycles. The lowest BCUT2D eigenvalue weighted by atomic mass is 9.98. The van der Waals surface area contributed by atoms with E-state index in [-0.39, 0.29) is 24.8 Å². The minimum atomic E-state index is -0.400. The summed E-state index contributed by atoms with van der Waals surface area (Å²) in [6, 6.07) is 15.2. The van der Waals surface area contributed by atoms with Crippen LogP contribution in [-0.2, 0) is 29.1 Å². The molecular weight excluding hydrogens is 378 g/mol. The number of nitrogens with one attached hydrogen (secondary N) is 1. The molecular formula is C24H27N3O3. The van der Waals surface area contributed by atoms with Crippen molar-refractivity contribution in [3.05, 3.63) is 70.8 Å². The highest BCUT2D eigenvalue weighted by Gasteiger charge is 2.31. The smallest absolute Gasteiger partial charge is 0.261 e. The van der Waals surface area contributed by atoms with Crippen LogP contribution >= 0.6 is 0 Å². The largest absolute Gasteiger partial charge is 0.350 e. The molecule has 2 aliphatic heterocycles. The molecule has 0 bridgehead atoms. The molecule has 0 aliphatic carbocycles. The molecule has 1 fully saturated rings. The second-order valence-corrected chi connectivity index (χ2v) is 8.00. The normalized spacial score (nSPS) is 17.0. The fraction of sp³-hybridized carbons (Fsp3) is 0.375. The number of likely N-dealkylation sites (tertiary alicyclic amines) is 1. The van der Waals surface area contributed by atoms with Gasteiger partial charge < -0.3 is 5.32 Å². The second-order valence-electron chi connectivity index (χ2n) is 8.00.